The quantitative estimate of drug-likeness (QED) is 0.171. The van der Waals surface area contributed by atoms with Gasteiger partial charge in [-0.15, -0.1) is 0 Å². The highest BCUT2D eigenvalue weighted by molar-refractivity contribution is 5.81. The molecule has 0 radical (unpaired) electrons. The van der Waals surface area contributed by atoms with E-state index in [1.54, 1.807) is 0 Å². The van der Waals surface area contributed by atoms with Crippen LogP contribution in [0.25, 0.3) is 0 Å². The van der Waals surface area contributed by atoms with E-state index in [4.69, 9.17) is 14.2 Å². The van der Waals surface area contributed by atoms with Crippen LogP contribution in [-0.2, 0) is 19.0 Å². The average molecular weight is 441 g/mol. The fraction of sp³-hybridized carbons (Fsp3) is 0.963. The zero-order valence-corrected chi connectivity index (χ0v) is 21.1. The van der Waals surface area contributed by atoms with Crippen LogP contribution < -0.4 is 0 Å². The van der Waals surface area contributed by atoms with Gasteiger partial charge in [-0.25, -0.2) is 0 Å². The molecule has 31 heavy (non-hydrogen) atoms. The van der Waals surface area contributed by atoms with Gasteiger partial charge in [0.15, 0.2) is 12.1 Å². The zero-order chi connectivity index (χ0) is 22.6. The maximum atomic E-state index is 11.4. The summed E-state index contributed by atoms with van der Waals surface area (Å²) >= 11 is 0. The van der Waals surface area contributed by atoms with Crippen LogP contribution in [0.5, 0.6) is 0 Å². The lowest BCUT2D eigenvalue weighted by atomic mass is 9.96. The van der Waals surface area contributed by atoms with E-state index in [9.17, 15) is 4.79 Å². The van der Waals surface area contributed by atoms with E-state index >= 15 is 0 Å². The topological polar surface area (TPSA) is 44.8 Å². The molecule has 184 valence electrons. The Hall–Kier alpha value is -0.450. The lowest BCUT2D eigenvalue weighted by Crippen LogP contribution is -2.49. The molecule has 0 amide bonds. The van der Waals surface area contributed by atoms with Gasteiger partial charge in [0.1, 0.15) is 18.8 Å². The van der Waals surface area contributed by atoms with Crippen molar-refractivity contribution in [1.82, 2.24) is 0 Å². The van der Waals surface area contributed by atoms with Gasteiger partial charge in [-0.05, 0) is 19.8 Å². The Morgan fingerprint density at radius 3 is 1.61 bits per heavy atom. The third-order valence-electron chi connectivity index (χ3n) is 6.50. The van der Waals surface area contributed by atoms with Crippen molar-refractivity contribution >= 4 is 5.78 Å². The molecule has 1 saturated heterocycles. The number of unbranched alkanes of at least 4 members (excludes halogenated alkanes) is 15. The lowest BCUT2D eigenvalue weighted by Gasteiger charge is -2.38. The van der Waals surface area contributed by atoms with Crippen molar-refractivity contribution in [3.8, 4) is 0 Å². The molecule has 1 unspecified atom stereocenters. The first-order valence-electron chi connectivity index (χ1n) is 13.5. The summed E-state index contributed by atoms with van der Waals surface area (Å²) in [4.78, 5) is 11.4. The van der Waals surface area contributed by atoms with Crippen LogP contribution in [0.1, 0.15) is 136 Å². The third-order valence-corrected chi connectivity index (χ3v) is 6.50. The number of carbonyl (C=O) groups excluding carboxylic acids is 1. The average Bonchev–Trinajstić information content (AvgIpc) is 2.77. The van der Waals surface area contributed by atoms with Gasteiger partial charge in [0.05, 0.1) is 0 Å². The molecule has 0 saturated carbocycles. The molecular weight excluding hydrogens is 388 g/mol. The Kier molecular flexibility index (Phi) is 17.6. The smallest absolute Gasteiger partial charge is 0.187 e. The van der Waals surface area contributed by atoms with E-state index in [0.29, 0.717) is 0 Å². The molecule has 0 aromatic carbocycles. The highest BCUT2D eigenvalue weighted by Crippen LogP contribution is 2.29. The van der Waals surface area contributed by atoms with Gasteiger partial charge in [0.25, 0.3) is 0 Å². The van der Waals surface area contributed by atoms with Crippen LogP contribution in [0.2, 0.25) is 0 Å². The number of rotatable bonds is 21. The first-order chi connectivity index (χ1) is 15.1. The summed E-state index contributed by atoms with van der Waals surface area (Å²) in [5.74, 6) is 0.0131. The molecule has 0 aliphatic carbocycles. The predicted octanol–water partition coefficient (Wildman–Crippen LogP) is 7.77. The summed E-state index contributed by atoms with van der Waals surface area (Å²) < 4.78 is 17.6. The summed E-state index contributed by atoms with van der Waals surface area (Å²) in [6.45, 7) is 7.63. The van der Waals surface area contributed by atoms with Crippen LogP contribution in [0.15, 0.2) is 0 Å². The van der Waals surface area contributed by atoms with Crippen LogP contribution in [0, 0.1) is 0 Å². The van der Waals surface area contributed by atoms with E-state index in [0.717, 1.165) is 25.9 Å². The minimum absolute atomic E-state index is 0.0131. The van der Waals surface area contributed by atoms with E-state index in [-0.39, 0.29) is 19.0 Å². The van der Waals surface area contributed by atoms with Crippen molar-refractivity contribution in [2.45, 2.75) is 148 Å². The van der Waals surface area contributed by atoms with Gasteiger partial charge in [-0.3, -0.25) is 4.79 Å². The van der Waals surface area contributed by atoms with Gasteiger partial charge in [0.2, 0.25) is 0 Å². The normalized spacial score (nSPS) is 17.2. The van der Waals surface area contributed by atoms with E-state index < -0.39 is 11.9 Å². The van der Waals surface area contributed by atoms with E-state index in [2.05, 4.69) is 20.8 Å². The minimum Gasteiger partial charge on any atom is -0.370 e. The largest absolute Gasteiger partial charge is 0.370 e. The second-order valence-corrected chi connectivity index (χ2v) is 9.71. The number of carbonyl (C=O) groups is 1. The Labute approximate surface area is 193 Å². The molecule has 0 aromatic heterocycles. The summed E-state index contributed by atoms with van der Waals surface area (Å²) in [7, 11) is 0. The molecule has 1 aliphatic heterocycles. The maximum Gasteiger partial charge on any atom is 0.187 e. The molecule has 0 spiro atoms. The van der Waals surface area contributed by atoms with Crippen molar-refractivity contribution in [3.63, 3.8) is 0 Å². The Bertz CT molecular complexity index is 415. The van der Waals surface area contributed by atoms with E-state index in [1.165, 1.54) is 96.3 Å². The van der Waals surface area contributed by atoms with Crippen LogP contribution >= 0.6 is 0 Å². The summed E-state index contributed by atoms with van der Waals surface area (Å²) in [5, 5.41) is 0. The summed E-state index contributed by atoms with van der Waals surface area (Å²) in [6, 6.07) is 0. The lowest BCUT2D eigenvalue weighted by molar-refractivity contribution is -0.262. The monoisotopic (exact) mass is 440 g/mol. The molecule has 1 atom stereocenters. The maximum absolute atomic E-state index is 11.4. The molecule has 0 N–H and O–H groups in total. The van der Waals surface area contributed by atoms with Gasteiger partial charge in [0, 0.05) is 6.61 Å². The van der Waals surface area contributed by atoms with Gasteiger partial charge < -0.3 is 14.2 Å². The molecule has 4 nitrogen and oxygen atoms in total. The first kappa shape index (κ1) is 28.6. The van der Waals surface area contributed by atoms with Gasteiger partial charge in [-0.2, -0.15) is 0 Å². The van der Waals surface area contributed by atoms with Gasteiger partial charge >= 0.3 is 0 Å². The molecule has 0 bridgehead atoms. The third kappa shape index (κ3) is 14.3. The summed E-state index contributed by atoms with van der Waals surface area (Å²) in [6.07, 6.45) is 23.0. The molecule has 1 rings (SSSR count). The van der Waals surface area contributed by atoms with Gasteiger partial charge in [-0.1, -0.05) is 117 Å². The standard InChI is InChI=1S/C27H52O4/c1-4-6-8-9-10-11-12-13-14-15-16-17-18-20-22-31-27(3,21-19-7-5-2)26-29-23-25(28)24-30-26/h26H,4-24H2,1-3H3. The van der Waals surface area contributed by atoms with Crippen molar-refractivity contribution < 1.29 is 19.0 Å². The van der Waals surface area contributed by atoms with Crippen LogP contribution in [0.4, 0.5) is 0 Å². The molecule has 1 aliphatic rings. The molecule has 1 fully saturated rings. The summed E-state index contributed by atoms with van der Waals surface area (Å²) in [5.41, 5.74) is -0.452. The van der Waals surface area contributed by atoms with Crippen molar-refractivity contribution in [1.29, 1.82) is 0 Å². The van der Waals surface area contributed by atoms with Crippen LogP contribution in [0.3, 0.4) is 0 Å². The molecule has 1 heterocycles. The highest BCUT2D eigenvalue weighted by atomic mass is 16.7. The Morgan fingerprint density at radius 2 is 1.13 bits per heavy atom. The molecule has 4 heteroatoms. The fourth-order valence-corrected chi connectivity index (χ4v) is 4.37. The Morgan fingerprint density at radius 1 is 0.710 bits per heavy atom. The van der Waals surface area contributed by atoms with Crippen molar-refractivity contribution in [3.05, 3.63) is 0 Å². The van der Waals surface area contributed by atoms with Crippen molar-refractivity contribution in [2.24, 2.45) is 0 Å². The number of Topliss-reactive ketones (excluding diaryl/α,β-unsaturated/α-hetero) is 1. The molecular formula is C27H52O4. The fourth-order valence-electron chi connectivity index (χ4n) is 4.37. The van der Waals surface area contributed by atoms with E-state index in [1.807, 2.05) is 0 Å². The second kappa shape index (κ2) is 19.1. The SMILES string of the molecule is CCCCCCCCCCCCCCCCOC(C)(CCCCC)C1OCC(=O)CO1. The number of ether oxygens (including phenoxy) is 3. The van der Waals surface area contributed by atoms with Crippen LogP contribution in [-0.4, -0.2) is 37.5 Å². The number of ketones is 1. The minimum atomic E-state index is -0.452. The predicted molar refractivity (Wildman–Crippen MR) is 130 cm³/mol. The van der Waals surface area contributed by atoms with Crippen molar-refractivity contribution in [2.75, 3.05) is 19.8 Å². The zero-order valence-electron chi connectivity index (χ0n) is 21.1. The Balaban J connectivity index is 2.04. The highest BCUT2D eigenvalue weighted by Gasteiger charge is 2.39. The number of hydrogen-bond donors (Lipinski definition) is 0. The molecule has 0 aromatic rings. The first-order valence-corrected chi connectivity index (χ1v) is 13.5. The second-order valence-electron chi connectivity index (χ2n) is 9.71. The number of hydrogen-bond acceptors (Lipinski definition) is 4.